The average molecular weight is 209 g/mol. The second kappa shape index (κ2) is 3.46. The maximum Gasteiger partial charge on any atom is 0.0269 e. The molecule has 2 aromatic rings. The molecule has 16 heavy (non-hydrogen) atoms. The summed E-state index contributed by atoms with van der Waals surface area (Å²) in [5.74, 6) is 0. The minimum atomic E-state index is 0.115. The molecule has 0 saturated carbocycles. The fourth-order valence-electron chi connectivity index (χ4n) is 2.61. The molecule has 1 aliphatic rings. The van der Waals surface area contributed by atoms with Crippen LogP contribution in [0, 0.1) is 0 Å². The van der Waals surface area contributed by atoms with Crippen LogP contribution in [0.25, 0.3) is 11.1 Å². The van der Waals surface area contributed by atoms with Crippen LogP contribution < -0.4 is 5.73 Å². The van der Waals surface area contributed by atoms with Gasteiger partial charge in [0.25, 0.3) is 0 Å². The zero-order chi connectivity index (χ0) is 11.1. The highest BCUT2D eigenvalue weighted by molar-refractivity contribution is 5.78. The van der Waals surface area contributed by atoms with E-state index in [1.165, 1.54) is 27.8 Å². The van der Waals surface area contributed by atoms with Crippen LogP contribution in [-0.2, 0) is 6.42 Å². The largest absolute Gasteiger partial charge is 0.324 e. The molecule has 0 unspecified atom stereocenters. The molecular weight excluding hydrogens is 194 g/mol. The van der Waals surface area contributed by atoms with Gasteiger partial charge in [0.2, 0.25) is 0 Å². The van der Waals surface area contributed by atoms with E-state index in [1.54, 1.807) is 0 Å². The topological polar surface area (TPSA) is 26.0 Å². The number of nitrogens with two attached hydrogens (primary N) is 1. The molecule has 0 bridgehead atoms. The van der Waals surface area contributed by atoms with Gasteiger partial charge in [0.15, 0.2) is 0 Å². The lowest BCUT2D eigenvalue weighted by Gasteiger charge is -2.11. The Bertz CT molecular complexity index is 541. The normalized spacial score (nSPS) is 14.4. The van der Waals surface area contributed by atoms with Gasteiger partial charge in [0.1, 0.15) is 0 Å². The molecule has 1 atom stereocenters. The van der Waals surface area contributed by atoms with Gasteiger partial charge >= 0.3 is 0 Å². The molecule has 1 aliphatic carbocycles. The Kier molecular flexibility index (Phi) is 2.08. The van der Waals surface area contributed by atoms with Crippen LogP contribution in [0.4, 0.5) is 0 Å². The van der Waals surface area contributed by atoms with E-state index in [-0.39, 0.29) is 6.04 Å². The van der Waals surface area contributed by atoms with Crippen molar-refractivity contribution in [2.45, 2.75) is 19.4 Å². The fraction of sp³-hybridized carbons (Fsp3) is 0.200. The Morgan fingerprint density at radius 1 is 1.00 bits per heavy atom. The number of fused-ring (bicyclic) bond motifs is 3. The van der Waals surface area contributed by atoms with Gasteiger partial charge < -0.3 is 5.73 Å². The summed E-state index contributed by atoms with van der Waals surface area (Å²) < 4.78 is 0. The first-order chi connectivity index (χ1) is 7.77. The van der Waals surface area contributed by atoms with Crippen LogP contribution in [-0.4, -0.2) is 0 Å². The fourth-order valence-corrected chi connectivity index (χ4v) is 2.61. The predicted molar refractivity (Wildman–Crippen MR) is 67.3 cm³/mol. The Morgan fingerprint density at radius 2 is 1.75 bits per heavy atom. The molecule has 2 aromatic carbocycles. The second-order valence-corrected chi connectivity index (χ2v) is 4.50. The third-order valence-corrected chi connectivity index (χ3v) is 3.38. The van der Waals surface area contributed by atoms with Crippen LogP contribution in [0.3, 0.4) is 0 Å². The molecule has 3 rings (SSSR count). The zero-order valence-electron chi connectivity index (χ0n) is 9.40. The summed E-state index contributed by atoms with van der Waals surface area (Å²) in [6, 6.07) is 15.2. The molecule has 0 saturated heterocycles. The van der Waals surface area contributed by atoms with Gasteiger partial charge in [-0.15, -0.1) is 0 Å². The lowest BCUT2D eigenvalue weighted by Crippen LogP contribution is -2.07. The highest BCUT2D eigenvalue weighted by atomic mass is 14.6. The van der Waals surface area contributed by atoms with Crippen molar-refractivity contribution in [3.63, 3.8) is 0 Å². The zero-order valence-corrected chi connectivity index (χ0v) is 9.40. The van der Waals surface area contributed by atoms with E-state index in [4.69, 9.17) is 5.73 Å². The van der Waals surface area contributed by atoms with E-state index < -0.39 is 0 Å². The first-order valence-corrected chi connectivity index (χ1v) is 5.73. The van der Waals surface area contributed by atoms with Crippen molar-refractivity contribution < 1.29 is 0 Å². The number of rotatable bonds is 1. The Morgan fingerprint density at radius 3 is 2.56 bits per heavy atom. The van der Waals surface area contributed by atoms with E-state index in [0.717, 1.165) is 6.42 Å². The third-order valence-electron chi connectivity index (χ3n) is 3.38. The standard InChI is InChI=1S/C15H15N/c1-10(16)12-7-4-8-14-13-6-3-2-5-11(13)9-15(12)14/h2-8,10H,9,16H2,1H3/t10-/m1/s1. The molecule has 80 valence electrons. The molecule has 0 fully saturated rings. The summed E-state index contributed by atoms with van der Waals surface area (Å²) in [5, 5.41) is 0. The van der Waals surface area contributed by atoms with E-state index in [2.05, 4.69) is 49.4 Å². The molecule has 0 spiro atoms. The van der Waals surface area contributed by atoms with Gasteiger partial charge in [0.05, 0.1) is 0 Å². The van der Waals surface area contributed by atoms with Crippen LogP contribution in [0.15, 0.2) is 42.5 Å². The van der Waals surface area contributed by atoms with Crippen molar-refractivity contribution in [2.75, 3.05) is 0 Å². The maximum absolute atomic E-state index is 6.02. The lowest BCUT2D eigenvalue weighted by atomic mass is 9.97. The maximum atomic E-state index is 6.02. The Labute approximate surface area is 95.9 Å². The van der Waals surface area contributed by atoms with Crippen molar-refractivity contribution in [1.29, 1.82) is 0 Å². The molecule has 0 aliphatic heterocycles. The summed E-state index contributed by atoms with van der Waals surface area (Å²) in [6.07, 6.45) is 1.03. The van der Waals surface area contributed by atoms with Crippen molar-refractivity contribution in [1.82, 2.24) is 0 Å². The van der Waals surface area contributed by atoms with Crippen molar-refractivity contribution in [3.8, 4) is 11.1 Å². The first kappa shape index (κ1) is 9.61. The molecular formula is C15H15N. The number of benzene rings is 2. The molecule has 0 heterocycles. The lowest BCUT2D eigenvalue weighted by molar-refractivity contribution is 0.807. The van der Waals surface area contributed by atoms with Crippen molar-refractivity contribution in [2.24, 2.45) is 5.73 Å². The Hall–Kier alpha value is -1.60. The molecule has 0 amide bonds. The highest BCUT2D eigenvalue weighted by Crippen LogP contribution is 2.39. The summed E-state index contributed by atoms with van der Waals surface area (Å²) in [6.45, 7) is 2.05. The van der Waals surface area contributed by atoms with E-state index >= 15 is 0 Å². The second-order valence-electron chi connectivity index (χ2n) is 4.50. The van der Waals surface area contributed by atoms with Crippen molar-refractivity contribution in [3.05, 3.63) is 59.2 Å². The minimum Gasteiger partial charge on any atom is -0.324 e. The SMILES string of the molecule is C[C@@H](N)c1cccc2c1Cc1ccccc1-2. The van der Waals surface area contributed by atoms with Gasteiger partial charge in [-0.05, 0) is 41.2 Å². The third kappa shape index (κ3) is 1.29. The highest BCUT2D eigenvalue weighted by Gasteiger charge is 2.21. The molecule has 1 nitrogen and oxygen atoms in total. The average Bonchev–Trinajstić information content (AvgIpc) is 2.67. The number of hydrogen-bond acceptors (Lipinski definition) is 1. The van der Waals surface area contributed by atoms with Gasteiger partial charge in [0, 0.05) is 6.04 Å². The van der Waals surface area contributed by atoms with Crippen LogP contribution >= 0.6 is 0 Å². The Balaban J connectivity index is 2.24. The quantitative estimate of drug-likeness (QED) is 0.654. The minimum absolute atomic E-state index is 0.115. The van der Waals surface area contributed by atoms with Gasteiger partial charge in [-0.25, -0.2) is 0 Å². The van der Waals surface area contributed by atoms with Crippen LogP contribution in [0.2, 0.25) is 0 Å². The van der Waals surface area contributed by atoms with E-state index in [1.807, 2.05) is 0 Å². The first-order valence-electron chi connectivity index (χ1n) is 5.73. The predicted octanol–water partition coefficient (Wildman–Crippen LogP) is 3.28. The van der Waals surface area contributed by atoms with Crippen LogP contribution in [0.1, 0.15) is 29.7 Å². The summed E-state index contributed by atoms with van der Waals surface area (Å²) in [4.78, 5) is 0. The molecule has 0 aromatic heterocycles. The van der Waals surface area contributed by atoms with Crippen molar-refractivity contribution >= 4 is 0 Å². The number of hydrogen-bond donors (Lipinski definition) is 1. The van der Waals surface area contributed by atoms with Gasteiger partial charge in [-0.1, -0.05) is 42.5 Å². The smallest absolute Gasteiger partial charge is 0.0269 e. The summed E-state index contributed by atoms with van der Waals surface area (Å²) >= 11 is 0. The summed E-state index contributed by atoms with van der Waals surface area (Å²) in [5.41, 5.74) is 12.9. The molecule has 0 radical (unpaired) electrons. The monoisotopic (exact) mass is 209 g/mol. The van der Waals surface area contributed by atoms with E-state index in [9.17, 15) is 0 Å². The van der Waals surface area contributed by atoms with Gasteiger partial charge in [-0.2, -0.15) is 0 Å². The molecule has 2 N–H and O–H groups in total. The van der Waals surface area contributed by atoms with E-state index in [0.29, 0.717) is 0 Å². The van der Waals surface area contributed by atoms with Gasteiger partial charge in [-0.3, -0.25) is 0 Å². The summed E-state index contributed by atoms with van der Waals surface area (Å²) in [7, 11) is 0. The molecule has 1 heteroatoms. The van der Waals surface area contributed by atoms with Crippen LogP contribution in [0.5, 0.6) is 0 Å².